The van der Waals surface area contributed by atoms with Gasteiger partial charge in [0.2, 0.25) is 0 Å². The molecule has 0 bridgehead atoms. The number of aromatic nitrogens is 1. The van der Waals surface area contributed by atoms with E-state index in [1.54, 1.807) is 6.20 Å². The van der Waals surface area contributed by atoms with E-state index in [1.807, 2.05) is 18.2 Å². The number of pyridine rings is 1. The average Bonchev–Trinajstić information content (AvgIpc) is 2.03. The van der Waals surface area contributed by atoms with Gasteiger partial charge in [0, 0.05) is 12.7 Å². The molecule has 0 atom stereocenters. The minimum Gasteiger partial charge on any atom is -0.298 e. The maximum Gasteiger partial charge on any atom is 0.0716 e. The minimum absolute atomic E-state index is 0.469. The highest BCUT2D eigenvalue weighted by molar-refractivity contribution is 6.17. The highest BCUT2D eigenvalue weighted by Gasteiger charge is 1.88. The lowest BCUT2D eigenvalue weighted by Gasteiger charge is -1.97. The molecule has 0 aromatic carbocycles. The van der Waals surface area contributed by atoms with Gasteiger partial charge in [0.25, 0.3) is 0 Å². The van der Waals surface area contributed by atoms with Gasteiger partial charge >= 0.3 is 0 Å². The summed E-state index contributed by atoms with van der Waals surface area (Å²) >= 11 is 5.41. The summed E-state index contributed by atoms with van der Waals surface area (Å²) in [6.45, 7) is 0.740. The van der Waals surface area contributed by atoms with E-state index < -0.39 is 0 Å². The molecule has 54 valence electrons. The van der Waals surface area contributed by atoms with Crippen molar-refractivity contribution in [2.45, 2.75) is 6.54 Å². The monoisotopic (exact) mass is 156 g/mol. The molecular weight excluding hydrogens is 148 g/mol. The van der Waals surface area contributed by atoms with E-state index in [0.29, 0.717) is 6.00 Å². The third-order valence-electron chi connectivity index (χ3n) is 1.13. The van der Waals surface area contributed by atoms with Crippen molar-refractivity contribution in [2.24, 2.45) is 0 Å². The summed E-state index contributed by atoms with van der Waals surface area (Å²) in [7, 11) is 0. The first-order valence-corrected chi connectivity index (χ1v) is 3.63. The van der Waals surface area contributed by atoms with Crippen LogP contribution in [-0.4, -0.2) is 11.0 Å². The third kappa shape index (κ3) is 2.33. The van der Waals surface area contributed by atoms with Gasteiger partial charge in [-0.25, -0.2) is 0 Å². The fourth-order valence-electron chi connectivity index (χ4n) is 0.678. The fourth-order valence-corrected chi connectivity index (χ4v) is 0.773. The van der Waals surface area contributed by atoms with Crippen LogP contribution in [0, 0.1) is 0 Å². The molecule has 1 heterocycles. The Morgan fingerprint density at radius 2 is 2.40 bits per heavy atom. The second kappa shape index (κ2) is 4.25. The fraction of sp³-hybridized carbons (Fsp3) is 0.286. The summed E-state index contributed by atoms with van der Waals surface area (Å²) in [5.41, 5.74) is 1.02. The van der Waals surface area contributed by atoms with Crippen LogP contribution >= 0.6 is 11.6 Å². The molecule has 0 fully saturated rings. The third-order valence-corrected chi connectivity index (χ3v) is 1.32. The Balaban J connectivity index is 2.43. The van der Waals surface area contributed by atoms with Crippen molar-refractivity contribution in [3.63, 3.8) is 0 Å². The van der Waals surface area contributed by atoms with Crippen LogP contribution in [0.2, 0.25) is 0 Å². The number of hydrogen-bond donors (Lipinski definition) is 1. The average molecular weight is 157 g/mol. The second-order valence-corrected chi connectivity index (χ2v) is 2.15. The summed E-state index contributed by atoms with van der Waals surface area (Å²) in [4.78, 5) is 4.10. The van der Waals surface area contributed by atoms with Gasteiger partial charge in [-0.05, 0) is 12.1 Å². The van der Waals surface area contributed by atoms with Crippen molar-refractivity contribution in [2.75, 3.05) is 6.00 Å². The smallest absolute Gasteiger partial charge is 0.0716 e. The SMILES string of the molecule is ClCNCc1ccccn1. The van der Waals surface area contributed by atoms with Gasteiger partial charge in [-0.3, -0.25) is 10.3 Å². The standard InChI is InChI=1S/C7H9ClN2/c8-6-9-5-7-3-1-2-4-10-7/h1-4,9H,5-6H2. The lowest BCUT2D eigenvalue weighted by molar-refractivity contribution is 0.768. The Morgan fingerprint density at radius 1 is 1.50 bits per heavy atom. The number of nitrogens with one attached hydrogen (secondary N) is 1. The number of rotatable bonds is 3. The van der Waals surface area contributed by atoms with E-state index in [9.17, 15) is 0 Å². The number of hydrogen-bond acceptors (Lipinski definition) is 2. The largest absolute Gasteiger partial charge is 0.298 e. The zero-order valence-corrected chi connectivity index (χ0v) is 6.30. The molecule has 0 saturated carbocycles. The van der Waals surface area contributed by atoms with Gasteiger partial charge in [-0.15, -0.1) is 11.6 Å². The van der Waals surface area contributed by atoms with Crippen LogP contribution in [0.4, 0.5) is 0 Å². The molecule has 0 spiro atoms. The quantitative estimate of drug-likeness (QED) is 0.528. The minimum atomic E-state index is 0.469. The Kier molecular flexibility index (Phi) is 3.19. The molecule has 0 unspecified atom stereocenters. The molecule has 0 radical (unpaired) electrons. The lowest BCUT2D eigenvalue weighted by Crippen LogP contribution is -2.10. The predicted molar refractivity (Wildman–Crippen MR) is 41.8 cm³/mol. The molecule has 1 aromatic heterocycles. The Labute approximate surface area is 65.2 Å². The van der Waals surface area contributed by atoms with E-state index in [4.69, 9.17) is 11.6 Å². The first kappa shape index (κ1) is 7.51. The van der Waals surface area contributed by atoms with Gasteiger partial charge in [0.05, 0.1) is 11.7 Å². The normalized spacial score (nSPS) is 9.70. The number of nitrogens with zero attached hydrogens (tertiary/aromatic N) is 1. The van der Waals surface area contributed by atoms with E-state index in [-0.39, 0.29) is 0 Å². The Morgan fingerprint density at radius 3 is 3.00 bits per heavy atom. The molecule has 0 aliphatic carbocycles. The van der Waals surface area contributed by atoms with Crippen LogP contribution in [-0.2, 0) is 6.54 Å². The first-order chi connectivity index (χ1) is 4.93. The van der Waals surface area contributed by atoms with Gasteiger partial charge in [0.1, 0.15) is 0 Å². The van der Waals surface area contributed by atoms with Gasteiger partial charge in [-0.1, -0.05) is 6.07 Å². The maximum atomic E-state index is 5.41. The molecule has 10 heavy (non-hydrogen) atoms. The topological polar surface area (TPSA) is 24.9 Å². The van der Waals surface area contributed by atoms with Gasteiger partial charge < -0.3 is 0 Å². The van der Waals surface area contributed by atoms with Crippen molar-refractivity contribution in [3.8, 4) is 0 Å². The summed E-state index contributed by atoms with van der Waals surface area (Å²) in [5.74, 6) is 0. The molecule has 0 aliphatic rings. The van der Waals surface area contributed by atoms with E-state index in [2.05, 4.69) is 10.3 Å². The second-order valence-electron chi connectivity index (χ2n) is 1.88. The van der Waals surface area contributed by atoms with Crippen LogP contribution in [0.3, 0.4) is 0 Å². The molecular formula is C7H9ClN2. The molecule has 0 amide bonds. The van der Waals surface area contributed by atoms with Crippen molar-refractivity contribution < 1.29 is 0 Å². The van der Waals surface area contributed by atoms with E-state index in [0.717, 1.165) is 12.2 Å². The summed E-state index contributed by atoms with van der Waals surface area (Å²) in [6, 6.07) is 6.28. The van der Waals surface area contributed by atoms with Crippen LogP contribution in [0.1, 0.15) is 5.69 Å². The highest BCUT2D eigenvalue weighted by atomic mass is 35.5. The van der Waals surface area contributed by atoms with Gasteiger partial charge in [0.15, 0.2) is 0 Å². The summed E-state index contributed by atoms with van der Waals surface area (Å²) in [5, 5.41) is 2.97. The molecule has 0 saturated heterocycles. The van der Waals surface area contributed by atoms with Crippen molar-refractivity contribution in [1.82, 2.24) is 10.3 Å². The zero-order chi connectivity index (χ0) is 7.23. The summed E-state index contributed by atoms with van der Waals surface area (Å²) in [6.07, 6.45) is 1.77. The van der Waals surface area contributed by atoms with Crippen molar-refractivity contribution in [1.29, 1.82) is 0 Å². The van der Waals surface area contributed by atoms with Crippen molar-refractivity contribution in [3.05, 3.63) is 30.1 Å². The van der Waals surface area contributed by atoms with Crippen molar-refractivity contribution >= 4 is 11.6 Å². The Bertz CT molecular complexity index is 176. The lowest BCUT2D eigenvalue weighted by atomic mass is 10.3. The molecule has 1 N–H and O–H groups in total. The summed E-state index contributed by atoms with van der Waals surface area (Å²) < 4.78 is 0. The van der Waals surface area contributed by atoms with Crippen LogP contribution < -0.4 is 5.32 Å². The van der Waals surface area contributed by atoms with Crippen LogP contribution in [0.25, 0.3) is 0 Å². The van der Waals surface area contributed by atoms with E-state index >= 15 is 0 Å². The first-order valence-electron chi connectivity index (χ1n) is 3.10. The van der Waals surface area contributed by atoms with Crippen LogP contribution in [0.5, 0.6) is 0 Å². The van der Waals surface area contributed by atoms with E-state index in [1.165, 1.54) is 0 Å². The molecule has 0 aliphatic heterocycles. The maximum absolute atomic E-state index is 5.41. The van der Waals surface area contributed by atoms with Crippen LogP contribution in [0.15, 0.2) is 24.4 Å². The van der Waals surface area contributed by atoms with Gasteiger partial charge in [-0.2, -0.15) is 0 Å². The highest BCUT2D eigenvalue weighted by Crippen LogP contribution is 1.91. The zero-order valence-electron chi connectivity index (χ0n) is 5.55. The number of halogens is 1. The Hall–Kier alpha value is -0.600. The molecule has 1 rings (SSSR count). The molecule has 1 aromatic rings. The number of alkyl halides is 1. The molecule has 3 heteroatoms. The molecule has 2 nitrogen and oxygen atoms in total. The predicted octanol–water partition coefficient (Wildman–Crippen LogP) is 1.37.